The summed E-state index contributed by atoms with van der Waals surface area (Å²) in [6.07, 6.45) is -1.62. The fourth-order valence-corrected chi connectivity index (χ4v) is 2.49. The highest BCUT2D eigenvalue weighted by molar-refractivity contribution is 6.68. The highest BCUT2D eigenvalue weighted by Crippen LogP contribution is 2.36. The van der Waals surface area contributed by atoms with Gasteiger partial charge in [0.1, 0.15) is 0 Å². The number of nitro groups is 2. The Morgan fingerprint density at radius 1 is 1.11 bits per heavy atom. The van der Waals surface area contributed by atoms with Crippen LogP contribution in [0.3, 0.4) is 0 Å². The molecule has 0 saturated heterocycles. The van der Waals surface area contributed by atoms with Gasteiger partial charge in [0.05, 0.1) is 15.9 Å². The zero-order valence-corrected chi connectivity index (χ0v) is 16.4. The number of hydrogen-bond acceptors (Lipinski definition) is 6. The Balaban J connectivity index is 2.36. The summed E-state index contributed by atoms with van der Waals surface area (Å²) in [6.45, 7) is 1.70. The maximum absolute atomic E-state index is 12.5. The van der Waals surface area contributed by atoms with Crippen LogP contribution in [0.1, 0.15) is 15.9 Å². The summed E-state index contributed by atoms with van der Waals surface area (Å²) >= 11 is 17.5. The molecule has 0 aliphatic carbocycles. The van der Waals surface area contributed by atoms with Crippen molar-refractivity contribution in [1.29, 1.82) is 0 Å². The average molecular weight is 449 g/mol. The topological polar surface area (TPSA) is 125 Å². The van der Waals surface area contributed by atoms with E-state index in [0.717, 1.165) is 12.1 Å². The van der Waals surface area contributed by atoms with Gasteiger partial charge >= 0.3 is 5.69 Å². The molecule has 0 heterocycles. The molecule has 9 nitrogen and oxygen atoms in total. The number of halogens is 3. The molecule has 0 spiro atoms. The summed E-state index contributed by atoms with van der Waals surface area (Å²) in [4.78, 5) is 32.9. The molecular formula is C16H12Cl3N3O6. The van der Waals surface area contributed by atoms with Crippen LogP contribution in [-0.2, 0) is 0 Å². The molecule has 0 aliphatic rings. The van der Waals surface area contributed by atoms with Gasteiger partial charge in [-0.3, -0.25) is 25.0 Å². The molecule has 12 heteroatoms. The second kappa shape index (κ2) is 8.59. The second-order valence-corrected chi connectivity index (χ2v) is 7.86. The maximum Gasteiger partial charge on any atom is 0.317 e. The standard InChI is InChI=1S/C16H12Cl3N3O6/c1-9-4-2-3-5-11(9)14(23)20-15(16(17,18)19)28-13-7-6-10(21(24)25)8-12(13)22(26)27/h2-8,15H,1H3,(H,20,23). The number of carbonyl (C=O) groups excluding carboxylic acids is 1. The number of nitro benzene ring substituents is 2. The number of hydrogen-bond donors (Lipinski definition) is 1. The van der Waals surface area contributed by atoms with Gasteiger partial charge in [-0.05, 0) is 24.6 Å². The van der Waals surface area contributed by atoms with Crippen molar-refractivity contribution in [1.82, 2.24) is 5.32 Å². The molecule has 2 aromatic carbocycles. The molecule has 0 radical (unpaired) electrons. The Morgan fingerprint density at radius 2 is 1.75 bits per heavy atom. The summed E-state index contributed by atoms with van der Waals surface area (Å²) in [6, 6.07) is 9.27. The van der Waals surface area contributed by atoms with E-state index in [1.54, 1.807) is 25.1 Å². The molecule has 1 atom stereocenters. The number of rotatable bonds is 6. The zero-order valence-electron chi connectivity index (χ0n) is 14.1. The fourth-order valence-electron chi connectivity index (χ4n) is 2.19. The molecule has 0 fully saturated rings. The van der Waals surface area contributed by atoms with Gasteiger partial charge in [0, 0.05) is 11.6 Å². The van der Waals surface area contributed by atoms with Crippen molar-refractivity contribution in [2.75, 3.05) is 0 Å². The van der Waals surface area contributed by atoms with Crippen LogP contribution >= 0.6 is 34.8 Å². The van der Waals surface area contributed by atoms with E-state index in [1.807, 2.05) is 0 Å². The number of alkyl halides is 3. The van der Waals surface area contributed by atoms with Crippen molar-refractivity contribution in [3.05, 3.63) is 73.8 Å². The lowest BCUT2D eigenvalue weighted by Gasteiger charge is -2.26. The Kier molecular flexibility index (Phi) is 6.65. The predicted octanol–water partition coefficient (Wildman–Crippen LogP) is 4.32. The Labute approximate surface area is 173 Å². The van der Waals surface area contributed by atoms with Crippen LogP contribution in [0, 0.1) is 27.2 Å². The monoisotopic (exact) mass is 447 g/mol. The van der Waals surface area contributed by atoms with E-state index in [1.165, 1.54) is 6.07 Å². The van der Waals surface area contributed by atoms with Crippen LogP contribution in [0.4, 0.5) is 11.4 Å². The van der Waals surface area contributed by atoms with Crippen LogP contribution in [0.15, 0.2) is 42.5 Å². The van der Waals surface area contributed by atoms with Crippen LogP contribution in [0.5, 0.6) is 5.75 Å². The number of amides is 1. The van der Waals surface area contributed by atoms with Gasteiger partial charge in [0.2, 0.25) is 10.0 Å². The lowest BCUT2D eigenvalue weighted by Crippen LogP contribution is -2.48. The number of carbonyl (C=O) groups is 1. The molecule has 0 aliphatic heterocycles. The summed E-state index contributed by atoms with van der Waals surface area (Å²) in [5, 5.41) is 24.4. The number of nitrogens with one attached hydrogen (secondary N) is 1. The molecule has 1 N–H and O–H groups in total. The van der Waals surface area contributed by atoms with E-state index >= 15 is 0 Å². The van der Waals surface area contributed by atoms with Crippen molar-refractivity contribution in [2.45, 2.75) is 16.9 Å². The van der Waals surface area contributed by atoms with E-state index in [0.29, 0.717) is 11.6 Å². The van der Waals surface area contributed by atoms with Crippen molar-refractivity contribution >= 4 is 52.1 Å². The van der Waals surface area contributed by atoms with E-state index < -0.39 is 42.9 Å². The van der Waals surface area contributed by atoms with Gasteiger partial charge in [-0.1, -0.05) is 53.0 Å². The molecule has 0 aromatic heterocycles. The van der Waals surface area contributed by atoms with Crippen molar-refractivity contribution < 1.29 is 19.4 Å². The molecule has 0 saturated carbocycles. The van der Waals surface area contributed by atoms with E-state index in [9.17, 15) is 25.0 Å². The van der Waals surface area contributed by atoms with Gasteiger partial charge in [-0.15, -0.1) is 0 Å². The highest BCUT2D eigenvalue weighted by Gasteiger charge is 2.38. The molecule has 1 unspecified atom stereocenters. The lowest BCUT2D eigenvalue weighted by molar-refractivity contribution is -0.394. The third-order valence-electron chi connectivity index (χ3n) is 3.54. The lowest BCUT2D eigenvalue weighted by atomic mass is 10.1. The fraction of sp³-hybridized carbons (Fsp3) is 0.188. The summed E-state index contributed by atoms with van der Waals surface area (Å²) < 4.78 is 3.15. The second-order valence-electron chi connectivity index (χ2n) is 5.49. The number of aryl methyl sites for hydroxylation is 1. The van der Waals surface area contributed by atoms with Gasteiger partial charge in [0.25, 0.3) is 11.6 Å². The first-order valence-corrected chi connectivity index (χ1v) is 8.67. The van der Waals surface area contributed by atoms with Crippen LogP contribution in [0.25, 0.3) is 0 Å². The maximum atomic E-state index is 12.5. The summed E-state index contributed by atoms with van der Waals surface area (Å²) in [5.41, 5.74) is -0.319. The normalized spacial score (nSPS) is 12.1. The average Bonchev–Trinajstić information content (AvgIpc) is 2.60. The van der Waals surface area contributed by atoms with E-state index in [2.05, 4.69) is 5.32 Å². The summed E-state index contributed by atoms with van der Waals surface area (Å²) in [5.74, 6) is -1.06. The minimum atomic E-state index is -2.20. The Hall–Kier alpha value is -2.62. The first kappa shape index (κ1) is 21.7. The molecule has 148 valence electrons. The van der Waals surface area contributed by atoms with Crippen LogP contribution < -0.4 is 10.1 Å². The highest BCUT2D eigenvalue weighted by atomic mass is 35.6. The van der Waals surface area contributed by atoms with Crippen molar-refractivity contribution in [3.63, 3.8) is 0 Å². The first-order chi connectivity index (χ1) is 13.0. The minimum Gasteiger partial charge on any atom is -0.459 e. The molecule has 2 aromatic rings. The molecular weight excluding hydrogens is 437 g/mol. The third kappa shape index (κ3) is 5.22. The third-order valence-corrected chi connectivity index (χ3v) is 4.14. The van der Waals surface area contributed by atoms with Crippen LogP contribution in [-0.4, -0.2) is 25.8 Å². The summed E-state index contributed by atoms with van der Waals surface area (Å²) in [7, 11) is 0. The zero-order chi connectivity index (χ0) is 21.1. The van der Waals surface area contributed by atoms with E-state index in [-0.39, 0.29) is 5.56 Å². The van der Waals surface area contributed by atoms with Gasteiger partial charge in [0.15, 0.2) is 5.75 Å². The minimum absolute atomic E-state index is 0.281. The number of benzene rings is 2. The van der Waals surface area contributed by atoms with Gasteiger partial charge in [-0.2, -0.15) is 0 Å². The smallest absolute Gasteiger partial charge is 0.317 e. The van der Waals surface area contributed by atoms with E-state index in [4.69, 9.17) is 39.5 Å². The first-order valence-electron chi connectivity index (χ1n) is 7.53. The quantitative estimate of drug-likeness (QED) is 0.304. The van der Waals surface area contributed by atoms with Gasteiger partial charge < -0.3 is 10.1 Å². The van der Waals surface area contributed by atoms with Gasteiger partial charge in [-0.25, -0.2) is 0 Å². The number of ether oxygens (including phenoxy) is 1. The number of nitrogens with zero attached hydrogens (tertiary/aromatic N) is 2. The van der Waals surface area contributed by atoms with Crippen molar-refractivity contribution in [3.8, 4) is 5.75 Å². The molecule has 1 amide bonds. The molecule has 2 rings (SSSR count). The largest absolute Gasteiger partial charge is 0.459 e. The Morgan fingerprint density at radius 3 is 2.29 bits per heavy atom. The molecule has 28 heavy (non-hydrogen) atoms. The predicted molar refractivity (Wildman–Crippen MR) is 103 cm³/mol. The number of non-ortho nitro benzene ring substituents is 1. The SMILES string of the molecule is Cc1ccccc1C(=O)NC(Oc1ccc([N+](=O)[O-])cc1[N+](=O)[O-])C(Cl)(Cl)Cl. The molecule has 0 bridgehead atoms. The van der Waals surface area contributed by atoms with Crippen molar-refractivity contribution in [2.24, 2.45) is 0 Å². The Bertz CT molecular complexity index is 932. The van der Waals surface area contributed by atoms with Crippen LogP contribution in [0.2, 0.25) is 0 Å².